The maximum atomic E-state index is 10.4. The summed E-state index contributed by atoms with van der Waals surface area (Å²) in [6.07, 6.45) is 1.55. The Hall–Kier alpha value is -0.780. The van der Waals surface area contributed by atoms with E-state index in [1.807, 2.05) is 6.92 Å². The van der Waals surface area contributed by atoms with Crippen LogP contribution in [-0.2, 0) is 0 Å². The largest absolute Gasteiger partial charge is 0.294 e. The number of hydrogen-bond donors (Lipinski definition) is 0. The lowest BCUT2D eigenvalue weighted by atomic mass is 10.3. The summed E-state index contributed by atoms with van der Waals surface area (Å²) in [7, 11) is 0. The molecule has 1 aromatic heterocycles. The van der Waals surface area contributed by atoms with Gasteiger partial charge in [0.15, 0.2) is 6.29 Å². The number of nitrogens with zero attached hydrogens (tertiary/aromatic N) is 4. The van der Waals surface area contributed by atoms with Crippen molar-refractivity contribution in [3.8, 4) is 0 Å². The zero-order valence-corrected chi connectivity index (χ0v) is 8.23. The number of halogens is 1. The van der Waals surface area contributed by atoms with Crippen molar-refractivity contribution < 1.29 is 4.79 Å². The molecule has 0 spiro atoms. The molecule has 66 valence electrons. The van der Waals surface area contributed by atoms with Crippen molar-refractivity contribution in [2.75, 3.05) is 5.33 Å². The maximum absolute atomic E-state index is 10.4. The number of aldehydes is 1. The molecule has 0 saturated heterocycles. The molecule has 5 nitrogen and oxygen atoms in total. The zero-order valence-electron chi connectivity index (χ0n) is 6.64. The predicted octanol–water partition coefficient (Wildman–Crippen LogP) is 0.832. The molecule has 1 atom stereocenters. The minimum absolute atomic E-state index is 0.152. The molecule has 1 unspecified atom stereocenters. The lowest BCUT2D eigenvalue weighted by molar-refractivity contribution is 0.110. The molecule has 1 rings (SSSR count). The Kier molecular flexibility index (Phi) is 3.33. The quantitative estimate of drug-likeness (QED) is 0.570. The van der Waals surface area contributed by atoms with E-state index in [0.717, 1.165) is 11.8 Å². The summed E-state index contributed by atoms with van der Waals surface area (Å²) in [4.78, 5) is 10.4. The van der Waals surface area contributed by atoms with E-state index >= 15 is 0 Å². The van der Waals surface area contributed by atoms with Crippen LogP contribution in [0.25, 0.3) is 0 Å². The smallest absolute Gasteiger partial charge is 0.215 e. The first-order valence-corrected chi connectivity index (χ1v) is 4.70. The molecule has 6 heteroatoms. The normalized spacial score (nSPS) is 12.8. The summed E-state index contributed by atoms with van der Waals surface area (Å²) in [5, 5.41) is 11.5. The highest BCUT2D eigenvalue weighted by Crippen LogP contribution is 2.10. The minimum atomic E-state index is 0.152. The van der Waals surface area contributed by atoms with Crippen LogP contribution in [0.15, 0.2) is 0 Å². The van der Waals surface area contributed by atoms with Crippen LogP contribution in [0.3, 0.4) is 0 Å². The Morgan fingerprint density at radius 2 is 2.50 bits per heavy atom. The number of aromatic nitrogens is 4. The molecule has 0 bridgehead atoms. The van der Waals surface area contributed by atoms with Gasteiger partial charge in [-0.05, 0) is 23.8 Å². The summed E-state index contributed by atoms with van der Waals surface area (Å²) < 4.78 is 1.52. The average molecular weight is 233 g/mol. The van der Waals surface area contributed by atoms with Gasteiger partial charge in [-0.25, -0.2) is 4.68 Å². The van der Waals surface area contributed by atoms with Crippen LogP contribution in [0.1, 0.15) is 30.0 Å². The molecule has 0 aliphatic heterocycles. The van der Waals surface area contributed by atoms with Crippen molar-refractivity contribution in [1.29, 1.82) is 0 Å². The lowest BCUT2D eigenvalue weighted by Gasteiger charge is -2.08. The van der Waals surface area contributed by atoms with Crippen LogP contribution in [0.2, 0.25) is 0 Å². The molecule has 0 amide bonds. The first kappa shape index (κ1) is 9.31. The van der Waals surface area contributed by atoms with Gasteiger partial charge in [0.1, 0.15) is 0 Å². The first-order valence-electron chi connectivity index (χ1n) is 3.58. The Morgan fingerprint density at radius 1 is 1.75 bits per heavy atom. The van der Waals surface area contributed by atoms with E-state index in [1.54, 1.807) is 0 Å². The van der Waals surface area contributed by atoms with Crippen molar-refractivity contribution in [2.24, 2.45) is 0 Å². The highest BCUT2D eigenvalue weighted by molar-refractivity contribution is 9.09. The number of hydrogen-bond acceptors (Lipinski definition) is 4. The van der Waals surface area contributed by atoms with Crippen LogP contribution in [-0.4, -0.2) is 31.8 Å². The summed E-state index contributed by atoms with van der Waals surface area (Å²) in [6, 6.07) is 0.152. The predicted molar refractivity (Wildman–Crippen MR) is 46.3 cm³/mol. The SMILES string of the molecule is CC(CCBr)n1nnnc1C=O. The van der Waals surface area contributed by atoms with E-state index in [4.69, 9.17) is 0 Å². The molecular weight excluding hydrogens is 224 g/mol. The van der Waals surface area contributed by atoms with E-state index in [2.05, 4.69) is 31.5 Å². The van der Waals surface area contributed by atoms with E-state index in [9.17, 15) is 4.79 Å². The van der Waals surface area contributed by atoms with E-state index in [1.165, 1.54) is 4.68 Å². The average Bonchev–Trinajstić information content (AvgIpc) is 2.51. The fraction of sp³-hybridized carbons (Fsp3) is 0.667. The van der Waals surface area contributed by atoms with Crippen LogP contribution in [0, 0.1) is 0 Å². The van der Waals surface area contributed by atoms with Crippen LogP contribution in [0.4, 0.5) is 0 Å². The number of tetrazole rings is 1. The molecule has 1 heterocycles. The number of carbonyl (C=O) groups is 1. The maximum Gasteiger partial charge on any atom is 0.215 e. The van der Waals surface area contributed by atoms with Crippen molar-refractivity contribution in [3.05, 3.63) is 5.82 Å². The third-order valence-electron chi connectivity index (χ3n) is 1.57. The van der Waals surface area contributed by atoms with Crippen molar-refractivity contribution >= 4 is 22.2 Å². The second-order valence-corrected chi connectivity index (χ2v) is 3.22. The minimum Gasteiger partial charge on any atom is -0.294 e. The van der Waals surface area contributed by atoms with Crippen LogP contribution in [0.5, 0.6) is 0 Å². The fourth-order valence-corrected chi connectivity index (χ4v) is 1.53. The Labute approximate surface area is 78.3 Å². The van der Waals surface area contributed by atoms with Gasteiger partial charge in [0.2, 0.25) is 5.82 Å². The van der Waals surface area contributed by atoms with Gasteiger partial charge in [-0.2, -0.15) is 0 Å². The second kappa shape index (κ2) is 4.30. The molecule has 0 aliphatic carbocycles. The monoisotopic (exact) mass is 232 g/mol. The van der Waals surface area contributed by atoms with Crippen molar-refractivity contribution in [1.82, 2.24) is 20.2 Å². The van der Waals surface area contributed by atoms with Crippen LogP contribution >= 0.6 is 15.9 Å². The van der Waals surface area contributed by atoms with E-state index < -0.39 is 0 Å². The molecule has 0 radical (unpaired) electrons. The van der Waals surface area contributed by atoms with E-state index in [0.29, 0.717) is 6.29 Å². The van der Waals surface area contributed by atoms with Gasteiger partial charge in [-0.1, -0.05) is 15.9 Å². The van der Waals surface area contributed by atoms with Crippen LogP contribution < -0.4 is 0 Å². The van der Waals surface area contributed by atoms with Gasteiger partial charge in [-0.15, -0.1) is 5.10 Å². The van der Waals surface area contributed by atoms with E-state index in [-0.39, 0.29) is 11.9 Å². The summed E-state index contributed by atoms with van der Waals surface area (Å²) in [6.45, 7) is 1.96. The first-order chi connectivity index (χ1) is 5.79. The molecule has 0 aromatic carbocycles. The molecule has 0 N–H and O–H groups in total. The molecule has 0 fully saturated rings. The second-order valence-electron chi connectivity index (χ2n) is 2.43. The molecule has 12 heavy (non-hydrogen) atoms. The molecule has 1 aromatic rings. The molecular formula is C6H9BrN4O. The number of alkyl halides is 1. The van der Waals surface area contributed by atoms with Gasteiger partial charge < -0.3 is 0 Å². The third-order valence-corrected chi connectivity index (χ3v) is 2.03. The number of rotatable bonds is 4. The molecule has 0 saturated carbocycles. The number of carbonyl (C=O) groups excluding carboxylic acids is 1. The third kappa shape index (κ3) is 1.88. The lowest BCUT2D eigenvalue weighted by Crippen LogP contribution is -2.11. The van der Waals surface area contributed by atoms with Crippen molar-refractivity contribution in [3.63, 3.8) is 0 Å². The fourth-order valence-electron chi connectivity index (χ4n) is 0.872. The topological polar surface area (TPSA) is 60.7 Å². The molecule has 0 aliphatic rings. The van der Waals surface area contributed by atoms with Crippen molar-refractivity contribution in [2.45, 2.75) is 19.4 Å². The summed E-state index contributed by atoms with van der Waals surface area (Å²) in [5.41, 5.74) is 0. The highest BCUT2D eigenvalue weighted by atomic mass is 79.9. The summed E-state index contributed by atoms with van der Waals surface area (Å²) >= 11 is 3.31. The van der Waals surface area contributed by atoms with Gasteiger partial charge >= 0.3 is 0 Å². The highest BCUT2D eigenvalue weighted by Gasteiger charge is 2.10. The Bertz CT molecular complexity index is 262. The Morgan fingerprint density at radius 3 is 3.08 bits per heavy atom. The standard InChI is InChI=1S/C6H9BrN4O/c1-5(2-3-7)11-6(4-12)8-9-10-11/h4-5H,2-3H2,1H3. The zero-order chi connectivity index (χ0) is 8.97. The summed E-state index contributed by atoms with van der Waals surface area (Å²) in [5.74, 6) is 0.281. The van der Waals surface area contributed by atoms with Gasteiger partial charge in [0.05, 0.1) is 6.04 Å². The Balaban J connectivity index is 2.78. The van der Waals surface area contributed by atoms with Gasteiger partial charge in [0, 0.05) is 5.33 Å². The van der Waals surface area contributed by atoms with Gasteiger partial charge in [-0.3, -0.25) is 4.79 Å². The van der Waals surface area contributed by atoms with Gasteiger partial charge in [0.25, 0.3) is 0 Å².